The van der Waals surface area contributed by atoms with Gasteiger partial charge >= 0.3 is 0 Å². The molecule has 158 valence electrons. The second-order valence-corrected chi connectivity index (χ2v) is 7.54. The SMILES string of the molecule is COc1cccc(CN2C(=O)CCCCC2C(=O)NCc2ccc3c(c2)OCO3)c1. The highest BCUT2D eigenvalue weighted by molar-refractivity contribution is 5.88. The summed E-state index contributed by atoms with van der Waals surface area (Å²) in [6.45, 7) is 0.972. The highest BCUT2D eigenvalue weighted by Gasteiger charge is 2.31. The minimum Gasteiger partial charge on any atom is -0.497 e. The van der Waals surface area contributed by atoms with Crippen molar-refractivity contribution in [1.29, 1.82) is 0 Å². The molecule has 0 aromatic heterocycles. The van der Waals surface area contributed by atoms with Crippen molar-refractivity contribution >= 4 is 11.8 Å². The molecule has 7 heteroatoms. The summed E-state index contributed by atoms with van der Waals surface area (Å²) in [7, 11) is 1.61. The summed E-state index contributed by atoms with van der Waals surface area (Å²) < 4.78 is 16.0. The summed E-state index contributed by atoms with van der Waals surface area (Å²) in [5.74, 6) is 2.01. The molecule has 2 aromatic carbocycles. The molecular weight excluding hydrogens is 384 g/mol. The van der Waals surface area contributed by atoms with Gasteiger partial charge in [0, 0.05) is 19.5 Å². The zero-order chi connectivity index (χ0) is 20.9. The Bertz CT molecular complexity index is 930. The molecule has 0 aliphatic carbocycles. The van der Waals surface area contributed by atoms with Crippen molar-refractivity contribution in [3.05, 3.63) is 53.6 Å². The van der Waals surface area contributed by atoms with Gasteiger partial charge in [0.2, 0.25) is 18.6 Å². The summed E-state index contributed by atoms with van der Waals surface area (Å²) in [4.78, 5) is 27.5. The predicted octanol–water partition coefficient (Wildman–Crippen LogP) is 3.01. The number of amides is 2. The molecule has 2 aliphatic heterocycles. The van der Waals surface area contributed by atoms with Crippen LogP contribution in [0, 0.1) is 0 Å². The maximum absolute atomic E-state index is 13.0. The van der Waals surface area contributed by atoms with Crippen LogP contribution in [0.15, 0.2) is 42.5 Å². The van der Waals surface area contributed by atoms with E-state index in [-0.39, 0.29) is 18.6 Å². The number of nitrogens with zero attached hydrogens (tertiary/aromatic N) is 1. The Balaban J connectivity index is 1.45. The first-order valence-corrected chi connectivity index (χ1v) is 10.2. The molecule has 0 saturated carbocycles. The standard InChI is InChI=1S/C23H26N2O5/c1-28-18-6-4-5-17(11-18)14-25-19(7-2-3-8-22(25)26)23(27)24-13-16-9-10-20-21(12-16)30-15-29-20/h4-6,9-12,19H,2-3,7-8,13-15H2,1H3,(H,24,27). The van der Waals surface area contributed by atoms with Crippen LogP contribution in [0.25, 0.3) is 0 Å². The number of carbonyl (C=O) groups is 2. The number of hydrogen-bond donors (Lipinski definition) is 1. The Morgan fingerprint density at radius 1 is 1.13 bits per heavy atom. The molecule has 2 heterocycles. The first kappa shape index (κ1) is 20.1. The lowest BCUT2D eigenvalue weighted by atomic mass is 10.1. The number of ether oxygens (including phenoxy) is 3. The van der Waals surface area contributed by atoms with Gasteiger partial charge in [-0.3, -0.25) is 9.59 Å². The fraction of sp³-hybridized carbons (Fsp3) is 0.391. The number of fused-ring (bicyclic) bond motifs is 1. The van der Waals surface area contributed by atoms with E-state index < -0.39 is 6.04 Å². The van der Waals surface area contributed by atoms with Gasteiger partial charge in [-0.25, -0.2) is 0 Å². The average Bonchev–Trinajstić information content (AvgIpc) is 3.16. The molecule has 1 fully saturated rings. The topological polar surface area (TPSA) is 77.1 Å². The minimum atomic E-state index is -0.486. The molecule has 30 heavy (non-hydrogen) atoms. The van der Waals surface area contributed by atoms with Crippen LogP contribution in [-0.4, -0.2) is 36.7 Å². The highest BCUT2D eigenvalue weighted by Crippen LogP contribution is 2.32. The quantitative estimate of drug-likeness (QED) is 0.792. The number of benzene rings is 2. The Hall–Kier alpha value is -3.22. The smallest absolute Gasteiger partial charge is 0.243 e. The molecule has 7 nitrogen and oxygen atoms in total. The largest absolute Gasteiger partial charge is 0.497 e. The minimum absolute atomic E-state index is 0.0125. The zero-order valence-corrected chi connectivity index (χ0v) is 17.1. The van der Waals surface area contributed by atoms with Gasteiger partial charge in [0.1, 0.15) is 11.8 Å². The number of methoxy groups -OCH3 is 1. The van der Waals surface area contributed by atoms with E-state index in [1.54, 1.807) is 12.0 Å². The van der Waals surface area contributed by atoms with Crippen molar-refractivity contribution in [1.82, 2.24) is 10.2 Å². The van der Waals surface area contributed by atoms with Crippen molar-refractivity contribution in [3.63, 3.8) is 0 Å². The fourth-order valence-corrected chi connectivity index (χ4v) is 3.88. The summed E-state index contributed by atoms with van der Waals surface area (Å²) in [6, 6.07) is 12.7. The number of rotatable bonds is 6. The molecule has 1 atom stereocenters. The van der Waals surface area contributed by atoms with E-state index in [9.17, 15) is 9.59 Å². The third-order valence-corrected chi connectivity index (χ3v) is 5.51. The van der Waals surface area contributed by atoms with Gasteiger partial charge in [-0.2, -0.15) is 0 Å². The lowest BCUT2D eigenvalue weighted by Crippen LogP contribution is -2.48. The molecular formula is C23H26N2O5. The first-order valence-electron chi connectivity index (χ1n) is 10.2. The number of hydrogen-bond acceptors (Lipinski definition) is 5. The molecule has 1 N–H and O–H groups in total. The average molecular weight is 410 g/mol. The fourth-order valence-electron chi connectivity index (χ4n) is 3.88. The normalized spacial score (nSPS) is 18.1. The van der Waals surface area contributed by atoms with Gasteiger partial charge in [-0.15, -0.1) is 0 Å². The van der Waals surface area contributed by atoms with E-state index in [1.807, 2.05) is 42.5 Å². The molecule has 2 aliphatic rings. The third-order valence-electron chi connectivity index (χ3n) is 5.51. The summed E-state index contributed by atoms with van der Waals surface area (Å²) in [5.41, 5.74) is 1.87. The monoisotopic (exact) mass is 410 g/mol. The molecule has 4 rings (SSSR count). The lowest BCUT2D eigenvalue weighted by Gasteiger charge is -2.29. The zero-order valence-electron chi connectivity index (χ0n) is 17.1. The van der Waals surface area contributed by atoms with Crippen molar-refractivity contribution in [2.75, 3.05) is 13.9 Å². The molecule has 0 radical (unpaired) electrons. The number of likely N-dealkylation sites (tertiary alicyclic amines) is 1. The van der Waals surface area contributed by atoms with Crippen LogP contribution in [0.1, 0.15) is 36.8 Å². The molecule has 0 spiro atoms. The lowest BCUT2D eigenvalue weighted by molar-refractivity contribution is -0.140. The third kappa shape index (κ3) is 4.50. The van der Waals surface area contributed by atoms with Gasteiger partial charge in [0.15, 0.2) is 11.5 Å². The van der Waals surface area contributed by atoms with Crippen molar-refractivity contribution in [2.45, 2.75) is 44.8 Å². The van der Waals surface area contributed by atoms with Crippen LogP contribution in [-0.2, 0) is 22.7 Å². The van der Waals surface area contributed by atoms with Crippen molar-refractivity contribution < 1.29 is 23.8 Å². The highest BCUT2D eigenvalue weighted by atomic mass is 16.7. The van der Waals surface area contributed by atoms with Gasteiger partial charge < -0.3 is 24.4 Å². The second-order valence-electron chi connectivity index (χ2n) is 7.54. The predicted molar refractivity (Wildman–Crippen MR) is 110 cm³/mol. The summed E-state index contributed by atoms with van der Waals surface area (Å²) in [6.07, 6.45) is 2.78. The van der Waals surface area contributed by atoms with Gasteiger partial charge in [0.05, 0.1) is 7.11 Å². The Morgan fingerprint density at radius 3 is 2.87 bits per heavy atom. The van der Waals surface area contributed by atoms with E-state index in [2.05, 4.69) is 5.32 Å². The van der Waals surface area contributed by atoms with Crippen LogP contribution in [0.2, 0.25) is 0 Å². The van der Waals surface area contributed by atoms with Crippen LogP contribution in [0.3, 0.4) is 0 Å². The Kier molecular flexibility index (Phi) is 6.07. The van der Waals surface area contributed by atoms with Gasteiger partial charge in [0.25, 0.3) is 0 Å². The van der Waals surface area contributed by atoms with Crippen LogP contribution >= 0.6 is 0 Å². The van der Waals surface area contributed by atoms with Crippen LogP contribution in [0.4, 0.5) is 0 Å². The van der Waals surface area contributed by atoms with E-state index in [4.69, 9.17) is 14.2 Å². The van der Waals surface area contributed by atoms with Gasteiger partial charge in [-0.05, 0) is 48.2 Å². The van der Waals surface area contributed by atoms with Crippen molar-refractivity contribution in [3.8, 4) is 17.2 Å². The van der Waals surface area contributed by atoms with E-state index in [0.29, 0.717) is 37.4 Å². The Labute approximate surface area is 175 Å². The number of nitrogens with one attached hydrogen (secondary N) is 1. The molecule has 1 saturated heterocycles. The molecule has 2 aromatic rings. The van der Waals surface area contributed by atoms with Gasteiger partial charge in [-0.1, -0.05) is 24.6 Å². The van der Waals surface area contributed by atoms with Crippen LogP contribution < -0.4 is 19.5 Å². The van der Waals surface area contributed by atoms with E-state index in [1.165, 1.54) is 0 Å². The summed E-state index contributed by atoms with van der Waals surface area (Å²) >= 11 is 0. The summed E-state index contributed by atoms with van der Waals surface area (Å²) in [5, 5.41) is 2.99. The maximum atomic E-state index is 13.0. The second kappa shape index (κ2) is 9.07. The molecule has 0 bridgehead atoms. The Morgan fingerprint density at radius 2 is 2.00 bits per heavy atom. The van der Waals surface area contributed by atoms with E-state index >= 15 is 0 Å². The molecule has 1 unspecified atom stereocenters. The first-order chi connectivity index (χ1) is 14.6. The maximum Gasteiger partial charge on any atom is 0.243 e. The van der Waals surface area contributed by atoms with Crippen LogP contribution in [0.5, 0.6) is 17.2 Å². The van der Waals surface area contributed by atoms with Crippen molar-refractivity contribution in [2.24, 2.45) is 0 Å². The van der Waals surface area contributed by atoms with E-state index in [0.717, 1.165) is 29.7 Å². The molecule has 2 amide bonds. The number of carbonyl (C=O) groups excluding carboxylic acids is 2.